The number of carbonyl (C=O) groups excluding carboxylic acids is 1. The van der Waals surface area contributed by atoms with E-state index in [1.165, 1.54) is 4.88 Å². The van der Waals surface area contributed by atoms with E-state index in [2.05, 4.69) is 27.5 Å². The Morgan fingerprint density at radius 1 is 1.38 bits per heavy atom. The first kappa shape index (κ1) is 15.7. The monoisotopic (exact) mass is 324 g/mol. The van der Waals surface area contributed by atoms with Gasteiger partial charge in [0.15, 0.2) is 0 Å². The molecule has 0 saturated carbocycles. The molecular formula is C14H17ClN4OS. The Bertz CT molecular complexity index is 629. The van der Waals surface area contributed by atoms with Crippen molar-refractivity contribution in [1.82, 2.24) is 15.3 Å². The number of nitrogens with zero attached hydrogens (tertiary/aromatic N) is 2. The summed E-state index contributed by atoms with van der Waals surface area (Å²) in [5.74, 6) is 0.336. The number of anilines is 1. The first-order valence-electron chi connectivity index (χ1n) is 6.76. The first-order valence-corrected chi connectivity index (χ1v) is 7.95. The fraction of sp³-hybridized carbons (Fsp3) is 0.357. The summed E-state index contributed by atoms with van der Waals surface area (Å²) in [5, 5.41) is 7.06. The van der Waals surface area contributed by atoms with Crippen LogP contribution in [0.1, 0.15) is 34.2 Å². The number of pyridine rings is 1. The molecule has 112 valence electrons. The predicted octanol–water partition coefficient (Wildman–Crippen LogP) is 3.12. The standard InChI is InChI=1S/C14H17ClN4OS/c1-3-9-7-17-12(21-9)8-18-14(20)13-10(15)5-6-11(19-13)16-4-2/h5-7H,3-4,8H2,1-2H3,(H,16,19)(H,18,20). The molecule has 0 aromatic carbocycles. The lowest BCUT2D eigenvalue weighted by atomic mass is 10.3. The van der Waals surface area contributed by atoms with E-state index in [9.17, 15) is 4.79 Å². The quantitative estimate of drug-likeness (QED) is 0.856. The van der Waals surface area contributed by atoms with Crippen LogP contribution in [0.4, 0.5) is 5.82 Å². The van der Waals surface area contributed by atoms with Gasteiger partial charge in [-0.2, -0.15) is 0 Å². The number of aromatic nitrogens is 2. The van der Waals surface area contributed by atoms with Crippen LogP contribution in [0.2, 0.25) is 5.02 Å². The molecular weight excluding hydrogens is 308 g/mol. The highest BCUT2D eigenvalue weighted by Gasteiger charge is 2.13. The topological polar surface area (TPSA) is 66.9 Å². The zero-order chi connectivity index (χ0) is 15.2. The van der Waals surface area contributed by atoms with E-state index in [-0.39, 0.29) is 11.6 Å². The second-order valence-electron chi connectivity index (χ2n) is 4.31. The molecule has 2 aromatic heterocycles. The molecule has 2 heterocycles. The molecule has 0 radical (unpaired) electrons. The van der Waals surface area contributed by atoms with Gasteiger partial charge in [-0.1, -0.05) is 18.5 Å². The van der Waals surface area contributed by atoms with Gasteiger partial charge in [0.25, 0.3) is 5.91 Å². The molecule has 0 aliphatic rings. The number of hydrogen-bond donors (Lipinski definition) is 2. The lowest BCUT2D eigenvalue weighted by Gasteiger charge is -2.07. The summed E-state index contributed by atoms with van der Waals surface area (Å²) in [6.45, 7) is 5.15. The highest BCUT2D eigenvalue weighted by Crippen LogP contribution is 2.17. The molecule has 0 unspecified atom stereocenters. The normalized spacial score (nSPS) is 10.4. The fourth-order valence-electron chi connectivity index (χ4n) is 1.71. The molecule has 0 aliphatic heterocycles. The maximum absolute atomic E-state index is 12.2. The van der Waals surface area contributed by atoms with E-state index >= 15 is 0 Å². The summed E-state index contributed by atoms with van der Waals surface area (Å²) >= 11 is 7.63. The Hall–Kier alpha value is -1.66. The minimum atomic E-state index is -0.298. The molecule has 0 aliphatic carbocycles. The molecule has 2 rings (SSSR count). The van der Waals surface area contributed by atoms with Crippen molar-refractivity contribution < 1.29 is 4.79 Å². The molecule has 2 aromatic rings. The maximum atomic E-state index is 12.2. The summed E-state index contributed by atoms with van der Waals surface area (Å²) in [7, 11) is 0. The molecule has 0 atom stereocenters. The van der Waals surface area contributed by atoms with Crippen LogP contribution in [-0.2, 0) is 13.0 Å². The average molecular weight is 325 g/mol. The predicted molar refractivity (Wildman–Crippen MR) is 86.1 cm³/mol. The Balaban J connectivity index is 2.03. The largest absolute Gasteiger partial charge is 0.370 e. The lowest BCUT2D eigenvalue weighted by Crippen LogP contribution is -2.24. The van der Waals surface area contributed by atoms with Gasteiger partial charge in [0.1, 0.15) is 16.5 Å². The van der Waals surface area contributed by atoms with Gasteiger partial charge < -0.3 is 10.6 Å². The Morgan fingerprint density at radius 3 is 2.86 bits per heavy atom. The van der Waals surface area contributed by atoms with E-state index in [4.69, 9.17) is 11.6 Å². The number of amides is 1. The number of aryl methyl sites for hydroxylation is 1. The summed E-state index contributed by atoms with van der Waals surface area (Å²) < 4.78 is 0. The molecule has 0 fully saturated rings. The molecule has 21 heavy (non-hydrogen) atoms. The minimum absolute atomic E-state index is 0.224. The molecule has 0 saturated heterocycles. The van der Waals surface area contributed by atoms with Gasteiger partial charge in [0.05, 0.1) is 11.6 Å². The van der Waals surface area contributed by atoms with Crippen LogP contribution in [-0.4, -0.2) is 22.4 Å². The lowest BCUT2D eigenvalue weighted by molar-refractivity contribution is 0.0946. The highest BCUT2D eigenvalue weighted by atomic mass is 35.5. The van der Waals surface area contributed by atoms with E-state index in [0.717, 1.165) is 18.0 Å². The Labute approximate surface area is 132 Å². The summed E-state index contributed by atoms with van der Waals surface area (Å²) in [5.41, 5.74) is 0.224. The minimum Gasteiger partial charge on any atom is -0.370 e. The first-order chi connectivity index (χ1) is 10.1. The van der Waals surface area contributed by atoms with Gasteiger partial charge in [-0.25, -0.2) is 9.97 Å². The molecule has 7 heteroatoms. The van der Waals surface area contributed by atoms with Crippen molar-refractivity contribution in [3.05, 3.63) is 38.9 Å². The summed E-state index contributed by atoms with van der Waals surface area (Å²) in [6.07, 6.45) is 2.78. The summed E-state index contributed by atoms with van der Waals surface area (Å²) in [4.78, 5) is 21.8. The highest BCUT2D eigenvalue weighted by molar-refractivity contribution is 7.11. The molecule has 0 bridgehead atoms. The number of halogens is 1. The van der Waals surface area contributed by atoms with Gasteiger partial charge >= 0.3 is 0 Å². The van der Waals surface area contributed by atoms with E-state index in [1.807, 2.05) is 13.1 Å². The average Bonchev–Trinajstić information content (AvgIpc) is 2.95. The van der Waals surface area contributed by atoms with Crippen molar-refractivity contribution in [2.24, 2.45) is 0 Å². The third kappa shape index (κ3) is 4.15. The van der Waals surface area contributed by atoms with Crippen LogP contribution in [0.15, 0.2) is 18.3 Å². The zero-order valence-corrected chi connectivity index (χ0v) is 13.5. The van der Waals surface area contributed by atoms with Crippen LogP contribution >= 0.6 is 22.9 Å². The number of rotatable bonds is 6. The van der Waals surface area contributed by atoms with Crippen molar-refractivity contribution in [2.45, 2.75) is 26.8 Å². The molecule has 5 nitrogen and oxygen atoms in total. The van der Waals surface area contributed by atoms with Gasteiger partial charge in [0.2, 0.25) is 0 Å². The van der Waals surface area contributed by atoms with Gasteiger partial charge in [-0.05, 0) is 25.5 Å². The van der Waals surface area contributed by atoms with Crippen LogP contribution in [0.5, 0.6) is 0 Å². The smallest absolute Gasteiger partial charge is 0.271 e. The zero-order valence-electron chi connectivity index (χ0n) is 11.9. The van der Waals surface area contributed by atoms with E-state index in [0.29, 0.717) is 17.4 Å². The van der Waals surface area contributed by atoms with Gasteiger partial charge in [-0.3, -0.25) is 4.79 Å². The number of carbonyl (C=O) groups is 1. The van der Waals surface area contributed by atoms with Gasteiger partial charge in [-0.15, -0.1) is 11.3 Å². The van der Waals surface area contributed by atoms with E-state index in [1.54, 1.807) is 23.5 Å². The van der Waals surface area contributed by atoms with Crippen molar-refractivity contribution in [2.75, 3.05) is 11.9 Å². The van der Waals surface area contributed by atoms with Crippen LogP contribution in [0.25, 0.3) is 0 Å². The van der Waals surface area contributed by atoms with Gasteiger partial charge in [0, 0.05) is 17.6 Å². The molecule has 0 spiro atoms. The third-order valence-corrected chi connectivity index (χ3v) is 4.22. The van der Waals surface area contributed by atoms with Crippen LogP contribution < -0.4 is 10.6 Å². The van der Waals surface area contributed by atoms with E-state index < -0.39 is 0 Å². The molecule has 1 amide bonds. The van der Waals surface area contributed by atoms with Crippen molar-refractivity contribution in [3.63, 3.8) is 0 Å². The van der Waals surface area contributed by atoms with Crippen LogP contribution in [0, 0.1) is 0 Å². The number of thiazole rings is 1. The second kappa shape index (κ2) is 7.38. The number of nitrogens with one attached hydrogen (secondary N) is 2. The third-order valence-electron chi connectivity index (χ3n) is 2.77. The maximum Gasteiger partial charge on any atom is 0.271 e. The van der Waals surface area contributed by atoms with Crippen LogP contribution in [0.3, 0.4) is 0 Å². The van der Waals surface area contributed by atoms with Crippen molar-refractivity contribution >= 4 is 34.7 Å². The SMILES string of the molecule is CCNc1ccc(Cl)c(C(=O)NCc2ncc(CC)s2)n1. The van der Waals surface area contributed by atoms with Crippen molar-refractivity contribution in [3.8, 4) is 0 Å². The fourth-order valence-corrected chi connectivity index (χ4v) is 2.71. The Kier molecular flexibility index (Phi) is 5.52. The van der Waals surface area contributed by atoms with Crippen molar-refractivity contribution in [1.29, 1.82) is 0 Å². The summed E-state index contributed by atoms with van der Waals surface area (Å²) in [6, 6.07) is 3.41. The Morgan fingerprint density at radius 2 is 2.19 bits per heavy atom. The second-order valence-corrected chi connectivity index (χ2v) is 5.92. The molecule has 2 N–H and O–H groups in total. The number of hydrogen-bond acceptors (Lipinski definition) is 5.